The first kappa shape index (κ1) is 16.6. The van der Waals surface area contributed by atoms with E-state index in [2.05, 4.69) is 18.7 Å². The number of nitrogens with two attached hydrogens (primary N) is 1. The van der Waals surface area contributed by atoms with Gasteiger partial charge in [-0.05, 0) is 68.1 Å². The highest BCUT2D eigenvalue weighted by Gasteiger charge is 2.63. The maximum atomic E-state index is 13.4. The van der Waals surface area contributed by atoms with Gasteiger partial charge in [-0.25, -0.2) is 0 Å². The molecule has 0 spiro atoms. The van der Waals surface area contributed by atoms with Crippen LogP contribution in [0.15, 0.2) is 0 Å². The Hall–Kier alpha value is -0.280. The van der Waals surface area contributed by atoms with Crippen molar-refractivity contribution in [2.45, 2.75) is 71.3 Å². The highest BCUT2D eigenvalue weighted by Crippen LogP contribution is 2.69. The summed E-state index contributed by atoms with van der Waals surface area (Å²) >= 11 is 0. The van der Waals surface area contributed by atoms with Gasteiger partial charge in [0.25, 0.3) is 0 Å². The van der Waals surface area contributed by atoms with Crippen LogP contribution < -0.4 is 5.73 Å². The van der Waals surface area contributed by atoms with E-state index in [0.717, 1.165) is 51.1 Å². The third kappa shape index (κ3) is 2.49. The highest BCUT2D eigenvalue weighted by atomic mass is 35.5. The van der Waals surface area contributed by atoms with E-state index in [1.165, 1.54) is 19.3 Å². The molecule has 3 nitrogen and oxygen atoms in total. The van der Waals surface area contributed by atoms with Crippen molar-refractivity contribution < 1.29 is 4.79 Å². The van der Waals surface area contributed by atoms with Gasteiger partial charge >= 0.3 is 0 Å². The summed E-state index contributed by atoms with van der Waals surface area (Å²) in [6, 6.07) is 0.197. The van der Waals surface area contributed by atoms with Crippen LogP contribution in [0.25, 0.3) is 0 Å². The van der Waals surface area contributed by atoms with Crippen LogP contribution in [-0.2, 0) is 4.79 Å². The van der Waals surface area contributed by atoms with Crippen molar-refractivity contribution in [1.82, 2.24) is 4.90 Å². The molecule has 4 aliphatic carbocycles. The zero-order valence-electron chi connectivity index (χ0n) is 14.1. The predicted molar refractivity (Wildman–Crippen MR) is 90.9 cm³/mol. The van der Waals surface area contributed by atoms with Gasteiger partial charge in [0, 0.05) is 19.1 Å². The summed E-state index contributed by atoms with van der Waals surface area (Å²) in [7, 11) is 0. The third-order valence-electron chi connectivity index (χ3n) is 6.82. The van der Waals surface area contributed by atoms with E-state index in [1.807, 2.05) is 0 Å². The first-order valence-corrected chi connectivity index (χ1v) is 8.87. The third-order valence-corrected chi connectivity index (χ3v) is 6.82. The molecule has 1 aliphatic heterocycles. The quantitative estimate of drug-likeness (QED) is 0.803. The number of carbonyl (C=O) groups excluding carboxylic acids is 1. The smallest absolute Gasteiger partial charge is 0.228 e. The molecule has 0 aromatic rings. The molecule has 4 bridgehead atoms. The molecule has 5 aliphatic rings. The number of nitrogens with zero attached hydrogens (tertiary/aromatic N) is 1. The molecule has 0 aromatic heterocycles. The van der Waals surface area contributed by atoms with Gasteiger partial charge in [-0.15, -0.1) is 12.4 Å². The van der Waals surface area contributed by atoms with E-state index in [4.69, 9.17) is 5.73 Å². The summed E-state index contributed by atoms with van der Waals surface area (Å²) in [4.78, 5) is 15.5. The molecule has 1 saturated heterocycles. The van der Waals surface area contributed by atoms with Crippen LogP contribution in [0.2, 0.25) is 0 Å². The van der Waals surface area contributed by atoms with Crippen LogP contribution in [-0.4, -0.2) is 29.9 Å². The minimum Gasteiger partial charge on any atom is -0.341 e. The fourth-order valence-electron chi connectivity index (χ4n) is 7.22. The molecule has 4 saturated carbocycles. The Labute approximate surface area is 140 Å². The fraction of sp³-hybridized carbons (Fsp3) is 0.944. The Morgan fingerprint density at radius 3 is 2.27 bits per heavy atom. The molecule has 2 unspecified atom stereocenters. The minimum absolute atomic E-state index is 0. The first-order chi connectivity index (χ1) is 9.82. The SMILES string of the molecule is CC12CC3CC(C)(C1)CC(C(=O)N1CCC[C@@H](N)C1)(C3)C2.Cl. The van der Waals surface area contributed by atoms with Crippen LogP contribution in [0, 0.1) is 22.2 Å². The largest absolute Gasteiger partial charge is 0.341 e. The molecule has 0 aromatic carbocycles. The number of piperidine rings is 1. The lowest BCUT2D eigenvalue weighted by molar-refractivity contribution is -0.180. The van der Waals surface area contributed by atoms with Crippen LogP contribution in [0.3, 0.4) is 0 Å². The summed E-state index contributed by atoms with van der Waals surface area (Å²) in [6.07, 6.45) is 9.64. The maximum Gasteiger partial charge on any atom is 0.228 e. The molecular weight excluding hydrogens is 296 g/mol. The fourth-order valence-corrected chi connectivity index (χ4v) is 7.22. The summed E-state index contributed by atoms with van der Waals surface area (Å²) in [6.45, 7) is 6.62. The summed E-state index contributed by atoms with van der Waals surface area (Å²) in [5, 5.41) is 0. The van der Waals surface area contributed by atoms with Crippen molar-refractivity contribution in [2.24, 2.45) is 27.9 Å². The molecule has 4 heteroatoms. The molecule has 5 rings (SSSR count). The van der Waals surface area contributed by atoms with E-state index in [1.54, 1.807) is 0 Å². The molecule has 1 heterocycles. The Morgan fingerprint density at radius 2 is 1.73 bits per heavy atom. The summed E-state index contributed by atoms with van der Waals surface area (Å²) in [5.74, 6) is 1.25. The average molecular weight is 327 g/mol. The van der Waals surface area contributed by atoms with Crippen molar-refractivity contribution in [1.29, 1.82) is 0 Å². The number of likely N-dealkylation sites (tertiary alicyclic amines) is 1. The Kier molecular flexibility index (Phi) is 3.85. The lowest BCUT2D eigenvalue weighted by Gasteiger charge is -2.65. The Balaban J connectivity index is 0.00000144. The average Bonchev–Trinajstić information content (AvgIpc) is 2.33. The topological polar surface area (TPSA) is 46.3 Å². The predicted octanol–water partition coefficient (Wildman–Crippen LogP) is 3.35. The first-order valence-electron chi connectivity index (χ1n) is 8.87. The van der Waals surface area contributed by atoms with Crippen molar-refractivity contribution in [2.75, 3.05) is 13.1 Å². The second-order valence-corrected chi connectivity index (χ2v) is 9.56. The van der Waals surface area contributed by atoms with Gasteiger partial charge in [0.2, 0.25) is 5.91 Å². The number of carbonyl (C=O) groups is 1. The van der Waals surface area contributed by atoms with Crippen molar-refractivity contribution in [3.63, 3.8) is 0 Å². The second kappa shape index (κ2) is 5.11. The molecule has 22 heavy (non-hydrogen) atoms. The number of hydrogen-bond acceptors (Lipinski definition) is 2. The monoisotopic (exact) mass is 326 g/mol. The van der Waals surface area contributed by atoms with Gasteiger partial charge in [-0.2, -0.15) is 0 Å². The molecule has 126 valence electrons. The summed E-state index contributed by atoms with van der Waals surface area (Å²) < 4.78 is 0. The molecule has 5 fully saturated rings. The van der Waals surface area contributed by atoms with Crippen LogP contribution >= 0.6 is 12.4 Å². The molecule has 1 amide bonds. The number of amides is 1. The standard InChI is InChI=1S/C18H30N2O.ClH/c1-16-6-13-7-17(2,10-16)12-18(8-13,11-16)15(21)20-5-3-4-14(19)9-20;/h13-14H,3-12,19H2,1-2H3;1H/t13?,14-,16?,17?,18?;/m1./s1. The van der Waals surface area contributed by atoms with Gasteiger partial charge < -0.3 is 10.6 Å². The van der Waals surface area contributed by atoms with Crippen LogP contribution in [0.1, 0.15) is 65.2 Å². The summed E-state index contributed by atoms with van der Waals surface area (Å²) in [5.41, 5.74) is 6.91. The zero-order chi connectivity index (χ0) is 14.9. The molecule has 3 atom stereocenters. The number of halogens is 1. The Bertz CT molecular complexity index is 462. The van der Waals surface area contributed by atoms with E-state index in [9.17, 15) is 4.79 Å². The molecule has 2 N–H and O–H groups in total. The number of hydrogen-bond donors (Lipinski definition) is 1. The Morgan fingerprint density at radius 1 is 1.09 bits per heavy atom. The molecular formula is C18H31ClN2O. The van der Waals surface area contributed by atoms with E-state index >= 15 is 0 Å². The van der Waals surface area contributed by atoms with Gasteiger partial charge in [-0.1, -0.05) is 13.8 Å². The van der Waals surface area contributed by atoms with E-state index in [-0.39, 0.29) is 23.9 Å². The molecule has 0 radical (unpaired) electrons. The second-order valence-electron chi connectivity index (χ2n) is 9.56. The van der Waals surface area contributed by atoms with Gasteiger partial charge in [-0.3, -0.25) is 4.79 Å². The highest BCUT2D eigenvalue weighted by molar-refractivity contribution is 5.85. The zero-order valence-corrected chi connectivity index (χ0v) is 14.9. The van der Waals surface area contributed by atoms with Crippen LogP contribution in [0.5, 0.6) is 0 Å². The van der Waals surface area contributed by atoms with E-state index in [0.29, 0.717) is 16.7 Å². The number of rotatable bonds is 1. The van der Waals surface area contributed by atoms with Crippen molar-refractivity contribution in [3.8, 4) is 0 Å². The van der Waals surface area contributed by atoms with Gasteiger partial charge in [0.15, 0.2) is 0 Å². The van der Waals surface area contributed by atoms with Gasteiger partial charge in [0.1, 0.15) is 0 Å². The maximum absolute atomic E-state index is 13.4. The van der Waals surface area contributed by atoms with E-state index < -0.39 is 0 Å². The normalized spacial score (nSPS) is 49.9. The lowest BCUT2D eigenvalue weighted by Crippen LogP contribution is -2.61. The lowest BCUT2D eigenvalue weighted by atomic mass is 9.40. The van der Waals surface area contributed by atoms with Crippen molar-refractivity contribution in [3.05, 3.63) is 0 Å². The van der Waals surface area contributed by atoms with Gasteiger partial charge in [0.05, 0.1) is 5.41 Å². The minimum atomic E-state index is -0.0417. The van der Waals surface area contributed by atoms with Crippen LogP contribution in [0.4, 0.5) is 0 Å². The van der Waals surface area contributed by atoms with Crippen molar-refractivity contribution >= 4 is 18.3 Å².